The van der Waals surface area contributed by atoms with Gasteiger partial charge in [0, 0.05) is 13.2 Å². The maximum Gasteiger partial charge on any atom is 0.325 e. The van der Waals surface area contributed by atoms with Gasteiger partial charge in [0.1, 0.15) is 29.7 Å². The van der Waals surface area contributed by atoms with E-state index in [1.54, 1.807) is 20.0 Å². The van der Waals surface area contributed by atoms with Crippen LogP contribution in [0.2, 0.25) is 0 Å². The summed E-state index contributed by atoms with van der Waals surface area (Å²) in [5, 5.41) is 0. The highest BCUT2D eigenvalue weighted by Crippen LogP contribution is 2.22. The molecule has 3 rings (SSSR count). The molecule has 7 nitrogen and oxygen atoms in total. The average Bonchev–Trinajstić information content (AvgIpc) is 2.81. The molecule has 2 heterocycles. The summed E-state index contributed by atoms with van der Waals surface area (Å²) in [4.78, 5) is 30.7. The zero-order valence-corrected chi connectivity index (χ0v) is 16.8. The highest BCUT2D eigenvalue weighted by Gasteiger charge is 2.34. The number of carbonyl (C=O) groups is 2. The smallest absolute Gasteiger partial charge is 0.325 e. The van der Waals surface area contributed by atoms with Crippen LogP contribution < -0.4 is 9.64 Å². The topological polar surface area (TPSA) is 78.0 Å². The molecule has 152 valence electrons. The predicted octanol–water partition coefficient (Wildman–Crippen LogP) is 3.11. The van der Waals surface area contributed by atoms with E-state index in [1.807, 2.05) is 54.4 Å². The first-order chi connectivity index (χ1) is 13.9. The largest absolute Gasteiger partial charge is 0.492 e. The van der Waals surface area contributed by atoms with Crippen LogP contribution in [0.5, 0.6) is 5.75 Å². The van der Waals surface area contributed by atoms with Crippen LogP contribution >= 0.6 is 0 Å². The van der Waals surface area contributed by atoms with Crippen LogP contribution in [0.15, 0.2) is 60.2 Å². The van der Waals surface area contributed by atoms with Gasteiger partial charge in [0.05, 0.1) is 6.54 Å². The van der Waals surface area contributed by atoms with Crippen molar-refractivity contribution in [3.8, 4) is 5.75 Å². The fourth-order valence-electron chi connectivity index (χ4n) is 2.80. The number of likely N-dealkylation sites (N-methyl/N-ethyl adjacent to an activating group) is 1. The molecule has 0 saturated heterocycles. The van der Waals surface area contributed by atoms with Gasteiger partial charge in [-0.05, 0) is 50.1 Å². The van der Waals surface area contributed by atoms with Crippen LogP contribution in [-0.4, -0.2) is 37.1 Å². The molecule has 0 unspecified atom stereocenters. The monoisotopic (exact) mass is 396 g/mol. The molecular formula is C22H24N2O5. The first kappa shape index (κ1) is 20.4. The van der Waals surface area contributed by atoms with E-state index >= 15 is 0 Å². The van der Waals surface area contributed by atoms with Gasteiger partial charge in [-0.2, -0.15) is 0 Å². The number of benzene rings is 1. The van der Waals surface area contributed by atoms with E-state index in [-0.39, 0.29) is 6.42 Å². The Morgan fingerprint density at radius 2 is 1.66 bits per heavy atom. The van der Waals surface area contributed by atoms with Crippen LogP contribution in [0, 0.1) is 5.92 Å². The lowest BCUT2D eigenvalue weighted by atomic mass is 9.99. The van der Waals surface area contributed by atoms with Gasteiger partial charge in [-0.1, -0.05) is 18.2 Å². The van der Waals surface area contributed by atoms with Crippen molar-refractivity contribution in [3.63, 3.8) is 0 Å². The zero-order chi connectivity index (χ0) is 20.8. The van der Waals surface area contributed by atoms with Crippen LogP contribution in [0.25, 0.3) is 0 Å². The Morgan fingerprint density at radius 3 is 2.24 bits per heavy atom. The Balaban J connectivity index is 1.52. The van der Waals surface area contributed by atoms with Gasteiger partial charge in [0.25, 0.3) is 0 Å². The molecule has 1 aliphatic heterocycles. The van der Waals surface area contributed by atoms with E-state index < -0.39 is 17.9 Å². The maximum absolute atomic E-state index is 12.2. The summed E-state index contributed by atoms with van der Waals surface area (Å²) in [5.74, 6) is 0.0392. The molecule has 0 N–H and O–H groups in total. The second-order valence-corrected chi connectivity index (χ2v) is 6.81. The van der Waals surface area contributed by atoms with Crippen molar-refractivity contribution in [2.24, 2.45) is 5.92 Å². The van der Waals surface area contributed by atoms with E-state index in [0.717, 1.165) is 11.4 Å². The second kappa shape index (κ2) is 9.23. The molecule has 0 fully saturated rings. The number of hydrogen-bond acceptors (Lipinski definition) is 7. The fraction of sp³-hybridized carbons (Fsp3) is 0.318. The SMILES string of the molecule is CC1=C(C)OC(=O)C(Cc2ccc(OCCN(C)c3ccccn3)cc2)C(=O)O1. The van der Waals surface area contributed by atoms with Gasteiger partial charge in [-0.3, -0.25) is 9.59 Å². The van der Waals surface area contributed by atoms with E-state index in [0.29, 0.717) is 30.4 Å². The number of cyclic esters (lactones) is 2. The number of nitrogens with zero attached hydrogens (tertiary/aromatic N) is 2. The molecular weight excluding hydrogens is 372 g/mol. The van der Waals surface area contributed by atoms with Crippen LogP contribution in [0.1, 0.15) is 19.4 Å². The van der Waals surface area contributed by atoms with E-state index in [1.165, 1.54) is 0 Å². The lowest BCUT2D eigenvalue weighted by Crippen LogP contribution is -2.27. The van der Waals surface area contributed by atoms with Crippen LogP contribution in [0.4, 0.5) is 5.82 Å². The highest BCUT2D eigenvalue weighted by atomic mass is 16.6. The van der Waals surface area contributed by atoms with Crippen molar-refractivity contribution < 1.29 is 23.8 Å². The molecule has 1 aromatic carbocycles. The Hall–Kier alpha value is -3.35. The summed E-state index contributed by atoms with van der Waals surface area (Å²) < 4.78 is 16.1. The maximum atomic E-state index is 12.2. The number of carbonyl (C=O) groups excluding carboxylic acids is 2. The van der Waals surface area contributed by atoms with Crippen LogP contribution in [-0.2, 0) is 25.5 Å². The molecule has 0 saturated carbocycles. The molecule has 2 aromatic rings. The lowest BCUT2D eigenvalue weighted by Gasteiger charge is -2.18. The quantitative estimate of drug-likeness (QED) is 0.526. The van der Waals surface area contributed by atoms with Crippen molar-refractivity contribution in [2.45, 2.75) is 20.3 Å². The lowest BCUT2D eigenvalue weighted by molar-refractivity contribution is -0.154. The number of aromatic nitrogens is 1. The minimum Gasteiger partial charge on any atom is -0.492 e. The molecule has 29 heavy (non-hydrogen) atoms. The van der Waals surface area contributed by atoms with Crippen molar-refractivity contribution in [1.82, 2.24) is 4.98 Å². The Kier molecular flexibility index (Phi) is 6.49. The van der Waals surface area contributed by atoms with E-state index in [2.05, 4.69) is 4.98 Å². The second-order valence-electron chi connectivity index (χ2n) is 6.81. The number of allylic oxidation sites excluding steroid dienone is 2. The number of pyridine rings is 1. The molecule has 0 spiro atoms. The Labute approximate surface area is 169 Å². The standard InChI is InChI=1S/C22H24N2O5/c1-15-16(2)29-22(26)19(21(25)28-15)14-17-7-9-18(10-8-17)27-13-12-24(3)20-6-4-5-11-23-20/h4-11,19H,12-14H2,1-3H3. The average molecular weight is 396 g/mol. The van der Waals surface area contributed by atoms with E-state index in [4.69, 9.17) is 14.2 Å². The molecule has 0 aliphatic carbocycles. The van der Waals surface area contributed by atoms with Gasteiger partial charge in [-0.15, -0.1) is 0 Å². The summed E-state index contributed by atoms with van der Waals surface area (Å²) >= 11 is 0. The first-order valence-electron chi connectivity index (χ1n) is 9.39. The molecule has 0 amide bonds. The number of anilines is 1. The fourth-order valence-corrected chi connectivity index (χ4v) is 2.80. The summed E-state index contributed by atoms with van der Waals surface area (Å²) in [6, 6.07) is 13.1. The summed E-state index contributed by atoms with van der Waals surface area (Å²) in [7, 11) is 1.96. The van der Waals surface area contributed by atoms with Crippen molar-refractivity contribution >= 4 is 17.8 Å². The van der Waals surface area contributed by atoms with Gasteiger partial charge < -0.3 is 19.1 Å². The highest BCUT2D eigenvalue weighted by molar-refractivity contribution is 5.96. The number of ether oxygens (including phenoxy) is 3. The zero-order valence-electron chi connectivity index (χ0n) is 16.8. The predicted molar refractivity (Wildman–Crippen MR) is 107 cm³/mol. The van der Waals surface area contributed by atoms with E-state index in [9.17, 15) is 9.59 Å². The Morgan fingerprint density at radius 1 is 1.00 bits per heavy atom. The van der Waals surface area contributed by atoms with Gasteiger partial charge in [0.15, 0.2) is 5.92 Å². The van der Waals surface area contributed by atoms with Crippen molar-refractivity contribution in [3.05, 3.63) is 65.7 Å². The summed E-state index contributed by atoms with van der Waals surface area (Å²) in [6.07, 6.45) is 1.96. The first-order valence-corrected chi connectivity index (χ1v) is 9.39. The number of rotatable bonds is 7. The van der Waals surface area contributed by atoms with Crippen molar-refractivity contribution in [2.75, 3.05) is 25.1 Å². The molecule has 1 aromatic heterocycles. The molecule has 1 aliphatic rings. The van der Waals surface area contributed by atoms with Crippen LogP contribution in [0.3, 0.4) is 0 Å². The summed E-state index contributed by atoms with van der Waals surface area (Å²) in [6.45, 7) is 4.38. The minimum absolute atomic E-state index is 0.209. The number of hydrogen-bond donors (Lipinski definition) is 0. The van der Waals surface area contributed by atoms with Gasteiger partial charge in [0.2, 0.25) is 0 Å². The molecule has 0 bridgehead atoms. The van der Waals surface area contributed by atoms with Crippen molar-refractivity contribution in [1.29, 1.82) is 0 Å². The third-order valence-electron chi connectivity index (χ3n) is 4.67. The number of esters is 2. The third kappa shape index (κ3) is 5.34. The van der Waals surface area contributed by atoms with Gasteiger partial charge in [-0.25, -0.2) is 4.98 Å². The molecule has 0 radical (unpaired) electrons. The normalized spacial score (nSPS) is 14.9. The minimum atomic E-state index is -0.985. The Bertz CT molecular complexity index is 867. The molecule has 0 atom stereocenters. The third-order valence-corrected chi connectivity index (χ3v) is 4.67. The molecule has 7 heteroatoms. The summed E-state index contributed by atoms with van der Waals surface area (Å²) in [5.41, 5.74) is 0.819. The van der Waals surface area contributed by atoms with Gasteiger partial charge >= 0.3 is 11.9 Å².